The Hall–Kier alpha value is -3.78. The van der Waals surface area contributed by atoms with Crippen LogP contribution in [-0.4, -0.2) is 36.5 Å². The average molecular weight is 470 g/mol. The molecule has 33 heavy (non-hydrogen) atoms. The van der Waals surface area contributed by atoms with Crippen molar-refractivity contribution in [3.63, 3.8) is 0 Å². The van der Waals surface area contributed by atoms with E-state index in [2.05, 4.69) is 15.2 Å². The molecule has 0 aliphatic carbocycles. The van der Waals surface area contributed by atoms with Crippen molar-refractivity contribution in [2.75, 3.05) is 21.3 Å². The van der Waals surface area contributed by atoms with Crippen molar-refractivity contribution in [1.82, 2.24) is 15.2 Å². The number of nitrogens with zero attached hydrogens (tertiary/aromatic N) is 3. The number of benzene rings is 2. The molecule has 0 saturated heterocycles. The van der Waals surface area contributed by atoms with E-state index in [1.165, 1.54) is 45.7 Å². The second-order valence-corrected chi connectivity index (χ2v) is 7.28. The molecule has 168 valence electrons. The standard InChI is InChI=1S/C24H18ClF2N3O3/c1-31-14-8-13(9-15(10-14)32-2)20-21(23-18(25)11-16(33-3)12-28-23)24(27)30-29-22(20)17-6-4-5-7-19(17)26/h4-12H,1-3H3. The Balaban J connectivity index is 2.12. The molecule has 0 unspecified atom stereocenters. The van der Waals surface area contributed by atoms with Gasteiger partial charge in [0.05, 0.1) is 43.8 Å². The molecular weight excluding hydrogens is 452 g/mol. The third-order valence-electron chi connectivity index (χ3n) is 4.99. The van der Waals surface area contributed by atoms with E-state index in [1.54, 1.807) is 30.3 Å². The first-order valence-corrected chi connectivity index (χ1v) is 10.1. The quantitative estimate of drug-likeness (QED) is 0.354. The fourth-order valence-electron chi connectivity index (χ4n) is 3.42. The first-order chi connectivity index (χ1) is 16.0. The fourth-order valence-corrected chi connectivity index (χ4v) is 3.67. The number of methoxy groups -OCH3 is 3. The van der Waals surface area contributed by atoms with E-state index in [0.29, 0.717) is 22.8 Å². The minimum atomic E-state index is -0.925. The molecule has 0 fully saturated rings. The smallest absolute Gasteiger partial charge is 0.243 e. The summed E-state index contributed by atoms with van der Waals surface area (Å²) in [5.41, 5.74) is 0.956. The molecular formula is C24H18ClF2N3O3. The van der Waals surface area contributed by atoms with Gasteiger partial charge in [0, 0.05) is 23.3 Å². The van der Waals surface area contributed by atoms with E-state index < -0.39 is 11.8 Å². The number of pyridine rings is 1. The van der Waals surface area contributed by atoms with Crippen LogP contribution in [0, 0.1) is 11.8 Å². The summed E-state index contributed by atoms with van der Waals surface area (Å²) in [5.74, 6) is -0.188. The topological polar surface area (TPSA) is 66.4 Å². The molecule has 6 nitrogen and oxygen atoms in total. The van der Waals surface area contributed by atoms with Crippen LogP contribution in [-0.2, 0) is 0 Å². The van der Waals surface area contributed by atoms with Gasteiger partial charge in [0.25, 0.3) is 0 Å². The van der Waals surface area contributed by atoms with Crippen molar-refractivity contribution < 1.29 is 23.0 Å². The first kappa shape index (κ1) is 22.4. The molecule has 4 rings (SSSR count). The predicted molar refractivity (Wildman–Crippen MR) is 121 cm³/mol. The SMILES string of the molecule is COc1cc(OC)cc(-c2c(-c3ccccc3F)nnc(F)c2-c2ncc(OC)cc2Cl)c1. The predicted octanol–water partition coefficient (Wildman–Crippen LogP) is 5.83. The maximum Gasteiger partial charge on any atom is 0.243 e. The minimum absolute atomic E-state index is 0.0498. The Kier molecular flexibility index (Phi) is 6.37. The molecule has 0 N–H and O–H groups in total. The zero-order valence-corrected chi connectivity index (χ0v) is 18.7. The second-order valence-electron chi connectivity index (χ2n) is 6.88. The van der Waals surface area contributed by atoms with Crippen LogP contribution >= 0.6 is 11.6 Å². The highest BCUT2D eigenvalue weighted by Gasteiger charge is 2.26. The monoisotopic (exact) mass is 469 g/mol. The van der Waals surface area contributed by atoms with Gasteiger partial charge >= 0.3 is 0 Å². The fraction of sp³-hybridized carbons (Fsp3) is 0.125. The Bertz CT molecular complexity index is 1310. The number of rotatable bonds is 6. The van der Waals surface area contributed by atoms with E-state index in [1.807, 2.05) is 0 Å². The van der Waals surface area contributed by atoms with Gasteiger partial charge in [-0.05, 0) is 29.8 Å². The van der Waals surface area contributed by atoms with Gasteiger partial charge in [-0.2, -0.15) is 4.39 Å². The molecule has 0 radical (unpaired) electrons. The lowest BCUT2D eigenvalue weighted by molar-refractivity contribution is 0.394. The normalized spacial score (nSPS) is 10.7. The third kappa shape index (κ3) is 4.29. The van der Waals surface area contributed by atoms with Gasteiger partial charge in [0.15, 0.2) is 0 Å². The molecule has 0 atom stereocenters. The first-order valence-electron chi connectivity index (χ1n) is 9.71. The Morgan fingerprint density at radius 3 is 2.03 bits per heavy atom. The zero-order valence-electron chi connectivity index (χ0n) is 17.9. The summed E-state index contributed by atoms with van der Waals surface area (Å²) in [6.45, 7) is 0. The molecule has 2 aromatic carbocycles. The lowest BCUT2D eigenvalue weighted by atomic mass is 9.93. The highest BCUT2D eigenvalue weighted by molar-refractivity contribution is 6.33. The van der Waals surface area contributed by atoms with Gasteiger partial charge in [0.2, 0.25) is 5.95 Å². The summed E-state index contributed by atoms with van der Waals surface area (Å²) >= 11 is 6.44. The molecule has 2 heterocycles. The summed E-state index contributed by atoms with van der Waals surface area (Å²) in [6.07, 6.45) is 1.40. The largest absolute Gasteiger partial charge is 0.497 e. The summed E-state index contributed by atoms with van der Waals surface area (Å²) in [4.78, 5) is 4.29. The van der Waals surface area contributed by atoms with Crippen LogP contribution in [0.15, 0.2) is 54.7 Å². The molecule has 0 aliphatic heterocycles. The highest BCUT2D eigenvalue weighted by atomic mass is 35.5. The van der Waals surface area contributed by atoms with Crippen molar-refractivity contribution in [1.29, 1.82) is 0 Å². The highest BCUT2D eigenvalue weighted by Crippen LogP contribution is 2.44. The number of aromatic nitrogens is 3. The molecule has 0 spiro atoms. The molecule has 0 amide bonds. The van der Waals surface area contributed by atoms with Crippen LogP contribution in [0.2, 0.25) is 5.02 Å². The molecule has 9 heteroatoms. The van der Waals surface area contributed by atoms with E-state index >= 15 is 4.39 Å². The van der Waals surface area contributed by atoms with Crippen molar-refractivity contribution in [3.05, 3.63) is 71.5 Å². The van der Waals surface area contributed by atoms with Gasteiger partial charge < -0.3 is 14.2 Å². The summed E-state index contributed by atoms with van der Waals surface area (Å²) < 4.78 is 46.0. The number of hydrogen-bond donors (Lipinski definition) is 0. The van der Waals surface area contributed by atoms with Crippen LogP contribution in [0.25, 0.3) is 33.6 Å². The van der Waals surface area contributed by atoms with Gasteiger partial charge in [-0.25, -0.2) is 4.39 Å². The van der Waals surface area contributed by atoms with Crippen molar-refractivity contribution >= 4 is 11.6 Å². The Labute approximate surface area is 193 Å². The number of ether oxygens (including phenoxy) is 3. The van der Waals surface area contributed by atoms with Crippen LogP contribution < -0.4 is 14.2 Å². The van der Waals surface area contributed by atoms with E-state index in [0.717, 1.165) is 0 Å². The van der Waals surface area contributed by atoms with Crippen molar-refractivity contribution in [2.45, 2.75) is 0 Å². The molecule has 4 aromatic rings. The summed E-state index contributed by atoms with van der Waals surface area (Å²) in [7, 11) is 4.45. The van der Waals surface area contributed by atoms with Gasteiger partial charge in [0.1, 0.15) is 28.8 Å². The van der Waals surface area contributed by atoms with E-state index in [9.17, 15) is 4.39 Å². The zero-order chi connectivity index (χ0) is 23.5. The molecule has 0 aliphatic rings. The van der Waals surface area contributed by atoms with Crippen LogP contribution in [0.4, 0.5) is 8.78 Å². The lowest BCUT2D eigenvalue weighted by Gasteiger charge is -2.17. The van der Waals surface area contributed by atoms with Crippen molar-refractivity contribution in [2.24, 2.45) is 0 Å². The van der Waals surface area contributed by atoms with Crippen LogP contribution in [0.1, 0.15) is 0 Å². The summed E-state index contributed by atoms with van der Waals surface area (Å²) in [5, 5.41) is 7.78. The van der Waals surface area contributed by atoms with E-state index in [4.69, 9.17) is 25.8 Å². The molecule has 2 aromatic heterocycles. The van der Waals surface area contributed by atoms with E-state index in [-0.39, 0.29) is 33.1 Å². The minimum Gasteiger partial charge on any atom is -0.497 e. The lowest BCUT2D eigenvalue weighted by Crippen LogP contribution is -2.04. The van der Waals surface area contributed by atoms with Gasteiger partial charge in [-0.1, -0.05) is 23.7 Å². The van der Waals surface area contributed by atoms with Gasteiger partial charge in [-0.15, -0.1) is 10.2 Å². The second kappa shape index (κ2) is 9.38. The Morgan fingerprint density at radius 1 is 0.758 bits per heavy atom. The number of halogens is 3. The summed E-state index contributed by atoms with van der Waals surface area (Å²) in [6, 6.07) is 12.5. The molecule has 0 saturated carbocycles. The molecule has 0 bridgehead atoms. The maximum atomic E-state index is 15.3. The third-order valence-corrected chi connectivity index (χ3v) is 5.28. The maximum absolute atomic E-state index is 15.3. The van der Waals surface area contributed by atoms with Crippen LogP contribution in [0.3, 0.4) is 0 Å². The van der Waals surface area contributed by atoms with Crippen LogP contribution in [0.5, 0.6) is 17.2 Å². The Morgan fingerprint density at radius 2 is 1.42 bits per heavy atom. The average Bonchev–Trinajstić information content (AvgIpc) is 2.84. The van der Waals surface area contributed by atoms with Gasteiger partial charge in [-0.3, -0.25) is 4.98 Å². The van der Waals surface area contributed by atoms with Crippen molar-refractivity contribution in [3.8, 4) is 50.9 Å². The number of hydrogen-bond acceptors (Lipinski definition) is 6.